The van der Waals surface area contributed by atoms with E-state index in [0.717, 1.165) is 10.7 Å². The summed E-state index contributed by atoms with van der Waals surface area (Å²) in [5.74, 6) is -0.880. The van der Waals surface area contributed by atoms with Crippen molar-refractivity contribution in [3.05, 3.63) is 52.8 Å². The number of rotatable bonds is 3. The van der Waals surface area contributed by atoms with Crippen molar-refractivity contribution in [3.63, 3.8) is 0 Å². The molecule has 6 heteroatoms. The number of hydrogen-bond acceptors (Lipinski definition) is 3. The van der Waals surface area contributed by atoms with Gasteiger partial charge in [-0.3, -0.25) is 4.40 Å². The first kappa shape index (κ1) is 12.1. The molecule has 19 heavy (non-hydrogen) atoms. The Kier molecular flexibility index (Phi) is 2.94. The second kappa shape index (κ2) is 4.62. The van der Waals surface area contributed by atoms with Crippen LogP contribution < -0.4 is 5.32 Å². The molecule has 1 N–H and O–H groups in total. The van der Waals surface area contributed by atoms with Gasteiger partial charge in [-0.25, -0.2) is 13.8 Å². The molecule has 0 amide bonds. The minimum atomic E-state index is -0.458. The van der Waals surface area contributed by atoms with Crippen molar-refractivity contribution in [2.45, 2.75) is 13.5 Å². The van der Waals surface area contributed by atoms with Crippen LogP contribution in [0.5, 0.6) is 0 Å². The normalized spacial score (nSPS) is 11.1. The molecule has 0 saturated carbocycles. The van der Waals surface area contributed by atoms with Gasteiger partial charge in [-0.05, 0) is 18.6 Å². The zero-order chi connectivity index (χ0) is 13.4. The second-order valence-electron chi connectivity index (χ2n) is 4.26. The summed E-state index contributed by atoms with van der Waals surface area (Å²) in [5, 5.41) is 4.80. The Morgan fingerprint density at radius 3 is 2.95 bits per heavy atom. The Morgan fingerprint density at radius 2 is 2.16 bits per heavy atom. The summed E-state index contributed by atoms with van der Waals surface area (Å²) >= 11 is 1.53. The minimum Gasteiger partial charge on any atom is -0.377 e. The number of hydrogen-bond donors (Lipinski definition) is 1. The lowest BCUT2D eigenvalue weighted by molar-refractivity contribution is 0.594. The summed E-state index contributed by atoms with van der Waals surface area (Å²) in [6.07, 6.45) is 3.77. The van der Waals surface area contributed by atoms with Crippen molar-refractivity contribution in [3.8, 4) is 0 Å². The van der Waals surface area contributed by atoms with Crippen LogP contribution in [0, 0.1) is 18.6 Å². The largest absolute Gasteiger partial charge is 0.377 e. The predicted octanol–water partition coefficient (Wildman–Crippen LogP) is 3.59. The van der Waals surface area contributed by atoms with Crippen LogP contribution in [0.4, 0.5) is 14.5 Å². The molecule has 0 atom stereocenters. The number of imidazole rings is 1. The zero-order valence-electron chi connectivity index (χ0n) is 10.2. The van der Waals surface area contributed by atoms with Gasteiger partial charge in [-0.15, -0.1) is 11.3 Å². The van der Waals surface area contributed by atoms with Crippen molar-refractivity contribution in [2.75, 3.05) is 5.32 Å². The van der Waals surface area contributed by atoms with E-state index in [-0.39, 0.29) is 5.69 Å². The van der Waals surface area contributed by atoms with E-state index < -0.39 is 11.6 Å². The fourth-order valence-electron chi connectivity index (χ4n) is 1.83. The highest BCUT2D eigenvalue weighted by atomic mass is 32.1. The van der Waals surface area contributed by atoms with Gasteiger partial charge in [0.05, 0.1) is 17.9 Å². The number of benzene rings is 1. The average Bonchev–Trinajstić information content (AvgIpc) is 2.92. The average molecular weight is 279 g/mol. The highest BCUT2D eigenvalue weighted by molar-refractivity contribution is 7.15. The van der Waals surface area contributed by atoms with Crippen LogP contribution >= 0.6 is 11.3 Å². The molecule has 1 aromatic carbocycles. The standard InChI is InChI=1S/C13H11F2N3S/c1-8-4-11(15)12(5-10(8)14)16-6-9-7-18-2-3-19-13(18)17-9/h2-5,7,16H,6H2,1H3. The molecule has 2 heterocycles. The lowest BCUT2D eigenvalue weighted by Gasteiger charge is -2.07. The Balaban J connectivity index is 1.79. The van der Waals surface area contributed by atoms with E-state index in [9.17, 15) is 8.78 Å². The lowest BCUT2D eigenvalue weighted by atomic mass is 10.2. The van der Waals surface area contributed by atoms with Crippen LogP contribution in [0.2, 0.25) is 0 Å². The third-order valence-corrected chi connectivity index (χ3v) is 3.62. The van der Waals surface area contributed by atoms with Gasteiger partial charge in [-0.2, -0.15) is 0 Å². The first-order valence-corrected chi connectivity index (χ1v) is 6.62. The SMILES string of the molecule is Cc1cc(F)c(NCc2cn3ccsc3n2)cc1F. The van der Waals surface area contributed by atoms with Crippen LogP contribution in [-0.4, -0.2) is 9.38 Å². The van der Waals surface area contributed by atoms with Gasteiger partial charge in [0.15, 0.2) is 4.96 Å². The maximum absolute atomic E-state index is 13.6. The summed E-state index contributed by atoms with van der Waals surface area (Å²) in [6.45, 7) is 1.89. The smallest absolute Gasteiger partial charge is 0.193 e. The molecular formula is C13H11F2N3S. The first-order valence-electron chi connectivity index (χ1n) is 5.74. The molecule has 0 bridgehead atoms. The molecule has 3 nitrogen and oxygen atoms in total. The molecule has 0 unspecified atom stereocenters. The molecule has 0 spiro atoms. The Morgan fingerprint density at radius 1 is 1.32 bits per heavy atom. The third-order valence-electron chi connectivity index (χ3n) is 2.85. The highest BCUT2D eigenvalue weighted by Gasteiger charge is 2.08. The molecule has 0 fully saturated rings. The van der Waals surface area contributed by atoms with Crippen LogP contribution in [0.1, 0.15) is 11.3 Å². The number of anilines is 1. The molecule has 98 valence electrons. The lowest BCUT2D eigenvalue weighted by Crippen LogP contribution is -2.03. The van der Waals surface area contributed by atoms with E-state index in [1.54, 1.807) is 0 Å². The molecular weight excluding hydrogens is 268 g/mol. The van der Waals surface area contributed by atoms with Gasteiger partial charge in [0.1, 0.15) is 11.6 Å². The van der Waals surface area contributed by atoms with E-state index in [0.29, 0.717) is 12.1 Å². The van der Waals surface area contributed by atoms with Crippen LogP contribution in [0.3, 0.4) is 0 Å². The fraction of sp³-hybridized carbons (Fsp3) is 0.154. The number of aromatic nitrogens is 2. The van der Waals surface area contributed by atoms with Crippen LogP contribution in [0.15, 0.2) is 29.9 Å². The first-order chi connectivity index (χ1) is 9.13. The van der Waals surface area contributed by atoms with Crippen LogP contribution in [-0.2, 0) is 6.54 Å². The fourth-order valence-corrected chi connectivity index (χ4v) is 2.55. The second-order valence-corrected chi connectivity index (χ2v) is 5.13. The quantitative estimate of drug-likeness (QED) is 0.794. The van der Waals surface area contributed by atoms with E-state index in [1.807, 2.05) is 22.2 Å². The molecule has 0 aliphatic heterocycles. The summed E-state index contributed by atoms with van der Waals surface area (Å²) in [7, 11) is 0. The number of thiazole rings is 1. The maximum Gasteiger partial charge on any atom is 0.193 e. The zero-order valence-corrected chi connectivity index (χ0v) is 11.0. The van der Waals surface area contributed by atoms with Gasteiger partial charge in [0, 0.05) is 23.8 Å². The van der Waals surface area contributed by atoms with Gasteiger partial charge >= 0.3 is 0 Å². The summed E-state index contributed by atoms with van der Waals surface area (Å²) in [6, 6.07) is 2.35. The third kappa shape index (κ3) is 2.31. The number of fused-ring (bicyclic) bond motifs is 1. The Hall–Kier alpha value is -1.95. The number of nitrogens with one attached hydrogen (secondary N) is 1. The van der Waals surface area contributed by atoms with Gasteiger partial charge in [0.2, 0.25) is 0 Å². The maximum atomic E-state index is 13.6. The Bertz CT molecular complexity index is 704. The van der Waals surface area contributed by atoms with Crippen LogP contribution in [0.25, 0.3) is 4.96 Å². The van der Waals surface area contributed by atoms with Crippen molar-refractivity contribution in [1.82, 2.24) is 9.38 Å². The molecule has 2 aromatic heterocycles. The topological polar surface area (TPSA) is 29.3 Å². The monoisotopic (exact) mass is 279 g/mol. The summed E-state index contributed by atoms with van der Waals surface area (Å²) in [5.41, 5.74) is 1.23. The molecule has 0 radical (unpaired) electrons. The predicted molar refractivity (Wildman–Crippen MR) is 71.5 cm³/mol. The summed E-state index contributed by atoms with van der Waals surface area (Å²) < 4.78 is 28.9. The van der Waals surface area contributed by atoms with Gasteiger partial charge < -0.3 is 5.32 Å². The summed E-state index contributed by atoms with van der Waals surface area (Å²) in [4.78, 5) is 5.24. The molecule has 3 rings (SSSR count). The van der Waals surface area contributed by atoms with E-state index >= 15 is 0 Å². The van der Waals surface area contributed by atoms with Crippen molar-refractivity contribution in [1.29, 1.82) is 0 Å². The number of halogens is 2. The van der Waals surface area contributed by atoms with Gasteiger partial charge in [0.25, 0.3) is 0 Å². The molecule has 0 saturated heterocycles. The van der Waals surface area contributed by atoms with Gasteiger partial charge in [-0.1, -0.05) is 0 Å². The number of nitrogens with zero attached hydrogens (tertiary/aromatic N) is 2. The van der Waals surface area contributed by atoms with E-state index in [1.165, 1.54) is 30.4 Å². The number of aryl methyl sites for hydroxylation is 1. The van der Waals surface area contributed by atoms with E-state index in [2.05, 4.69) is 10.3 Å². The van der Waals surface area contributed by atoms with Crippen molar-refractivity contribution in [2.24, 2.45) is 0 Å². The highest BCUT2D eigenvalue weighted by Crippen LogP contribution is 2.20. The van der Waals surface area contributed by atoms with Crippen molar-refractivity contribution < 1.29 is 8.78 Å². The molecule has 0 aliphatic carbocycles. The minimum absolute atomic E-state index is 0.152. The van der Waals surface area contributed by atoms with E-state index in [4.69, 9.17) is 0 Å². The van der Waals surface area contributed by atoms with Crippen molar-refractivity contribution >= 4 is 22.0 Å². The molecule has 3 aromatic rings. The Labute approximate surface area is 112 Å². The molecule has 0 aliphatic rings.